The topological polar surface area (TPSA) is 92.2 Å². The van der Waals surface area contributed by atoms with E-state index in [-0.39, 0.29) is 18.4 Å². The van der Waals surface area contributed by atoms with Gasteiger partial charge >= 0.3 is 0 Å². The first kappa shape index (κ1) is 16.0. The average Bonchev–Trinajstić information content (AvgIpc) is 3.26. The van der Waals surface area contributed by atoms with Gasteiger partial charge in [0.25, 0.3) is 11.8 Å². The number of nitrogens with one attached hydrogen (secondary N) is 2. The highest BCUT2D eigenvalue weighted by molar-refractivity contribution is 5.99. The van der Waals surface area contributed by atoms with Crippen LogP contribution in [0.1, 0.15) is 35.2 Å². The fourth-order valence-corrected chi connectivity index (χ4v) is 2.62. The number of terminal acetylenes is 1. The van der Waals surface area contributed by atoms with Crippen molar-refractivity contribution in [3.05, 3.63) is 29.3 Å². The first-order valence-electron chi connectivity index (χ1n) is 7.81. The van der Waals surface area contributed by atoms with Crippen molar-refractivity contribution in [1.29, 1.82) is 0 Å². The summed E-state index contributed by atoms with van der Waals surface area (Å²) >= 11 is 0. The van der Waals surface area contributed by atoms with Crippen molar-refractivity contribution in [2.24, 2.45) is 10.2 Å². The number of fused-ring (bicyclic) bond motifs is 1. The zero-order valence-corrected chi connectivity index (χ0v) is 13.2. The number of ether oxygens (including phenoxy) is 1. The fraction of sp³-hybridized carbons (Fsp3) is 0.412. The Hall–Kier alpha value is -2.88. The van der Waals surface area contributed by atoms with Gasteiger partial charge in [-0.1, -0.05) is 6.07 Å². The molecule has 0 saturated heterocycles. The molecule has 0 atom stereocenters. The number of carbonyl (C=O) groups excluding carboxylic acids is 2. The molecule has 7 heteroatoms. The lowest BCUT2D eigenvalue weighted by Crippen LogP contribution is -2.32. The SMILES string of the molecule is C#CCCC1(CCNC(=O)COc2cccc3c2CNC3=O)N=N1. The first-order valence-corrected chi connectivity index (χ1v) is 7.81. The van der Waals surface area contributed by atoms with Crippen molar-refractivity contribution in [2.45, 2.75) is 31.5 Å². The van der Waals surface area contributed by atoms with Crippen molar-refractivity contribution < 1.29 is 14.3 Å². The molecule has 0 radical (unpaired) electrons. The van der Waals surface area contributed by atoms with Crippen LogP contribution in [0.5, 0.6) is 5.75 Å². The van der Waals surface area contributed by atoms with E-state index in [9.17, 15) is 9.59 Å². The van der Waals surface area contributed by atoms with Gasteiger partial charge in [0.05, 0.1) is 0 Å². The van der Waals surface area contributed by atoms with Crippen LogP contribution in [0.25, 0.3) is 0 Å². The highest BCUT2D eigenvalue weighted by atomic mass is 16.5. The Morgan fingerprint density at radius 3 is 3.00 bits per heavy atom. The highest BCUT2D eigenvalue weighted by Gasteiger charge is 2.38. The van der Waals surface area contributed by atoms with Crippen molar-refractivity contribution in [3.8, 4) is 18.1 Å². The average molecular weight is 326 g/mol. The predicted molar refractivity (Wildman–Crippen MR) is 86.4 cm³/mol. The monoisotopic (exact) mass is 326 g/mol. The van der Waals surface area contributed by atoms with Crippen molar-refractivity contribution in [2.75, 3.05) is 13.2 Å². The van der Waals surface area contributed by atoms with E-state index in [1.165, 1.54) is 0 Å². The molecular weight excluding hydrogens is 308 g/mol. The largest absolute Gasteiger partial charge is 0.483 e. The van der Waals surface area contributed by atoms with Crippen LogP contribution in [0.2, 0.25) is 0 Å². The maximum atomic E-state index is 11.9. The van der Waals surface area contributed by atoms with Gasteiger partial charge in [0.1, 0.15) is 5.75 Å². The molecule has 0 aliphatic carbocycles. The molecular formula is C17H18N4O3. The van der Waals surface area contributed by atoms with Gasteiger partial charge in [-0.2, -0.15) is 10.2 Å². The Morgan fingerprint density at radius 1 is 1.42 bits per heavy atom. The summed E-state index contributed by atoms with van der Waals surface area (Å²) in [6, 6.07) is 5.23. The van der Waals surface area contributed by atoms with Crippen LogP contribution < -0.4 is 15.4 Å². The molecule has 2 aliphatic heterocycles. The summed E-state index contributed by atoms with van der Waals surface area (Å²) in [7, 11) is 0. The molecule has 0 fully saturated rings. The third-order valence-corrected chi connectivity index (χ3v) is 4.06. The third-order valence-electron chi connectivity index (χ3n) is 4.06. The minimum absolute atomic E-state index is 0.101. The number of carbonyl (C=O) groups is 2. The van der Waals surface area contributed by atoms with Crippen molar-refractivity contribution in [3.63, 3.8) is 0 Å². The van der Waals surface area contributed by atoms with Crippen LogP contribution >= 0.6 is 0 Å². The molecule has 0 aromatic heterocycles. The van der Waals surface area contributed by atoms with E-state index >= 15 is 0 Å². The van der Waals surface area contributed by atoms with E-state index in [1.807, 2.05) is 0 Å². The summed E-state index contributed by atoms with van der Waals surface area (Å²) in [4.78, 5) is 23.5. The Morgan fingerprint density at radius 2 is 2.25 bits per heavy atom. The van der Waals surface area contributed by atoms with Gasteiger partial charge in [0.2, 0.25) is 0 Å². The molecule has 1 aromatic carbocycles. The summed E-state index contributed by atoms with van der Waals surface area (Å²) < 4.78 is 5.54. The second-order valence-corrected chi connectivity index (χ2v) is 5.74. The number of nitrogens with zero attached hydrogens (tertiary/aromatic N) is 2. The second kappa shape index (κ2) is 6.71. The molecule has 7 nitrogen and oxygen atoms in total. The molecule has 124 valence electrons. The summed E-state index contributed by atoms with van der Waals surface area (Å²) in [5, 5.41) is 13.5. The standard InChI is InChI=1S/C17H18N4O3/c1-2-3-7-17(20-21-17)8-9-18-15(22)11-24-14-6-4-5-12-13(14)10-19-16(12)23/h1,4-6H,3,7-11H2,(H,18,22)(H,19,23). The van der Waals surface area contributed by atoms with Crippen LogP contribution in [0.15, 0.2) is 28.4 Å². The predicted octanol–water partition coefficient (Wildman–Crippen LogP) is 1.39. The van der Waals surface area contributed by atoms with Gasteiger partial charge < -0.3 is 15.4 Å². The zero-order chi connectivity index (χ0) is 17.0. The van der Waals surface area contributed by atoms with Crippen LogP contribution in [-0.4, -0.2) is 30.6 Å². The maximum absolute atomic E-state index is 11.9. The van der Waals surface area contributed by atoms with Gasteiger partial charge in [-0.3, -0.25) is 9.59 Å². The van der Waals surface area contributed by atoms with E-state index in [1.54, 1.807) is 18.2 Å². The molecule has 2 amide bonds. The smallest absolute Gasteiger partial charge is 0.257 e. The van der Waals surface area contributed by atoms with Crippen LogP contribution in [0.4, 0.5) is 0 Å². The van der Waals surface area contributed by atoms with E-state index in [0.29, 0.717) is 43.7 Å². The Balaban J connectivity index is 1.42. The van der Waals surface area contributed by atoms with Crippen LogP contribution in [0, 0.1) is 12.3 Å². The lowest BCUT2D eigenvalue weighted by atomic mass is 10.0. The third kappa shape index (κ3) is 3.54. The molecule has 0 spiro atoms. The number of rotatable bonds is 8. The van der Waals surface area contributed by atoms with E-state index in [2.05, 4.69) is 26.8 Å². The van der Waals surface area contributed by atoms with Gasteiger partial charge in [-0.05, 0) is 12.1 Å². The van der Waals surface area contributed by atoms with Crippen LogP contribution in [0.3, 0.4) is 0 Å². The molecule has 1 aromatic rings. The van der Waals surface area contributed by atoms with E-state index in [4.69, 9.17) is 11.2 Å². The second-order valence-electron chi connectivity index (χ2n) is 5.74. The number of amides is 2. The summed E-state index contributed by atoms with van der Waals surface area (Å²) in [5.41, 5.74) is 0.992. The Bertz CT molecular complexity index is 730. The highest BCUT2D eigenvalue weighted by Crippen LogP contribution is 2.36. The first-order chi connectivity index (χ1) is 11.6. The molecule has 2 aliphatic rings. The Kier molecular flexibility index (Phi) is 4.47. The minimum Gasteiger partial charge on any atom is -0.483 e. The quantitative estimate of drug-likeness (QED) is 0.707. The summed E-state index contributed by atoms with van der Waals surface area (Å²) in [6.07, 6.45) is 7.21. The number of benzene rings is 1. The number of hydrogen-bond donors (Lipinski definition) is 2. The molecule has 2 N–H and O–H groups in total. The maximum Gasteiger partial charge on any atom is 0.257 e. The lowest BCUT2D eigenvalue weighted by molar-refractivity contribution is -0.123. The number of hydrogen-bond acceptors (Lipinski definition) is 5. The zero-order valence-electron chi connectivity index (χ0n) is 13.2. The van der Waals surface area contributed by atoms with Crippen molar-refractivity contribution >= 4 is 11.8 Å². The molecule has 2 heterocycles. The summed E-state index contributed by atoms with van der Waals surface area (Å²) in [6.45, 7) is 0.787. The fourth-order valence-electron chi connectivity index (χ4n) is 2.62. The van der Waals surface area contributed by atoms with Gasteiger partial charge in [-0.25, -0.2) is 0 Å². The van der Waals surface area contributed by atoms with E-state index < -0.39 is 5.66 Å². The Labute approximate surface area is 139 Å². The molecule has 0 saturated carbocycles. The van der Waals surface area contributed by atoms with E-state index in [0.717, 1.165) is 5.56 Å². The normalized spacial score (nSPS) is 16.0. The van der Waals surface area contributed by atoms with Gasteiger partial charge in [0, 0.05) is 43.5 Å². The van der Waals surface area contributed by atoms with Crippen LogP contribution in [-0.2, 0) is 11.3 Å². The van der Waals surface area contributed by atoms with Gasteiger partial charge in [0.15, 0.2) is 12.3 Å². The van der Waals surface area contributed by atoms with Gasteiger partial charge in [-0.15, -0.1) is 12.3 Å². The molecule has 24 heavy (non-hydrogen) atoms. The molecule has 0 unspecified atom stereocenters. The lowest BCUT2D eigenvalue weighted by Gasteiger charge is -2.11. The molecule has 0 bridgehead atoms. The summed E-state index contributed by atoms with van der Waals surface area (Å²) in [5.74, 6) is 2.78. The van der Waals surface area contributed by atoms with Crippen molar-refractivity contribution in [1.82, 2.24) is 10.6 Å². The minimum atomic E-state index is -0.396. The molecule has 3 rings (SSSR count).